The number of carboxylic acids is 2. The van der Waals surface area contributed by atoms with Crippen molar-refractivity contribution < 1.29 is 29.3 Å². The number of hydrogen-bond donors (Lipinski definition) is 4. The van der Waals surface area contributed by atoms with Crippen LogP contribution in [0.15, 0.2) is 34.1 Å². The van der Waals surface area contributed by atoms with Crippen LogP contribution in [0.3, 0.4) is 0 Å². The van der Waals surface area contributed by atoms with Gasteiger partial charge in [-0.2, -0.15) is 0 Å². The van der Waals surface area contributed by atoms with Gasteiger partial charge in [0, 0.05) is 5.56 Å². The maximum atomic E-state index is 12.2. The number of H-pyrrole nitrogens is 1. The monoisotopic (exact) mass is 452 g/mol. The van der Waals surface area contributed by atoms with E-state index < -0.39 is 34.4 Å². The second-order valence-electron chi connectivity index (χ2n) is 5.42. The summed E-state index contributed by atoms with van der Waals surface area (Å²) >= 11 is 3.30. The number of hydrogen-bond acceptors (Lipinski definition) is 6. The summed E-state index contributed by atoms with van der Waals surface area (Å²) < 4.78 is 11.4. The molecule has 0 aliphatic carbocycles. The third kappa shape index (κ3) is 4.01. The first kappa shape index (κ1) is 21.0. The summed E-state index contributed by atoms with van der Waals surface area (Å²) in [6.45, 7) is 5.73. The number of nitrogens with two attached hydrogens (primary N) is 1. The first-order valence-electron chi connectivity index (χ1n) is 7.95. The average molecular weight is 453 g/mol. The molecule has 148 valence electrons. The van der Waals surface area contributed by atoms with Gasteiger partial charge >= 0.3 is 11.9 Å². The molecule has 0 amide bonds. The summed E-state index contributed by atoms with van der Waals surface area (Å²) in [7, 11) is 0. The van der Waals surface area contributed by atoms with E-state index in [-0.39, 0.29) is 30.1 Å². The first-order valence-corrected chi connectivity index (χ1v) is 8.74. The molecule has 0 saturated carbocycles. The topological polar surface area (TPSA) is 152 Å². The molecule has 2 rings (SSSR count). The number of anilines is 1. The highest BCUT2D eigenvalue weighted by Crippen LogP contribution is 2.41. The third-order valence-corrected chi connectivity index (χ3v) is 4.20. The van der Waals surface area contributed by atoms with Crippen molar-refractivity contribution in [1.82, 2.24) is 4.98 Å². The van der Waals surface area contributed by atoms with Crippen molar-refractivity contribution >= 4 is 33.7 Å². The molecule has 10 heteroatoms. The molecule has 0 atom stereocenters. The third-order valence-electron chi connectivity index (χ3n) is 3.62. The van der Waals surface area contributed by atoms with Gasteiger partial charge in [0.15, 0.2) is 11.5 Å². The van der Waals surface area contributed by atoms with Crippen LogP contribution in [-0.4, -0.2) is 40.3 Å². The number of rotatable bonds is 8. The molecule has 5 N–H and O–H groups in total. The lowest BCUT2D eigenvalue weighted by Crippen LogP contribution is -2.24. The molecular weight excluding hydrogens is 436 g/mol. The number of carboxylic acid groups (broad SMARTS) is 2. The molecule has 1 aromatic heterocycles. The van der Waals surface area contributed by atoms with Gasteiger partial charge in [-0.1, -0.05) is 12.7 Å². The highest BCUT2D eigenvalue weighted by Gasteiger charge is 2.28. The molecule has 1 aromatic carbocycles. The summed E-state index contributed by atoms with van der Waals surface area (Å²) in [5.41, 5.74) is 3.11. The van der Waals surface area contributed by atoms with Crippen molar-refractivity contribution in [2.24, 2.45) is 0 Å². The molecule has 0 spiro atoms. The van der Waals surface area contributed by atoms with E-state index in [1.807, 2.05) is 0 Å². The van der Waals surface area contributed by atoms with Crippen LogP contribution in [0, 0.1) is 0 Å². The van der Waals surface area contributed by atoms with E-state index in [1.165, 1.54) is 18.2 Å². The van der Waals surface area contributed by atoms with Crippen molar-refractivity contribution in [2.45, 2.75) is 6.92 Å². The number of benzene rings is 1. The summed E-state index contributed by atoms with van der Waals surface area (Å²) in [5, 5.41) is 19.0. The van der Waals surface area contributed by atoms with Crippen molar-refractivity contribution in [3.63, 3.8) is 0 Å². The Morgan fingerprint density at radius 3 is 2.43 bits per heavy atom. The minimum atomic E-state index is -1.60. The lowest BCUT2D eigenvalue weighted by Gasteiger charge is -2.17. The Labute approximate surface area is 167 Å². The quantitative estimate of drug-likeness (QED) is 0.446. The number of pyridine rings is 1. The molecule has 2 aromatic rings. The SMILES string of the molecule is C=CCOc1c(Br)cc(-c2c(C(=O)O)c(N)[nH]c(=O)c2C(=O)O)cc1OCC. The Kier molecular flexibility index (Phi) is 6.47. The second kappa shape index (κ2) is 8.61. The number of aromatic amines is 1. The van der Waals surface area contributed by atoms with Crippen LogP contribution in [0.4, 0.5) is 5.82 Å². The van der Waals surface area contributed by atoms with Crippen molar-refractivity contribution in [3.05, 3.63) is 50.7 Å². The highest BCUT2D eigenvalue weighted by molar-refractivity contribution is 9.10. The van der Waals surface area contributed by atoms with Crippen LogP contribution in [-0.2, 0) is 0 Å². The fourth-order valence-electron chi connectivity index (χ4n) is 2.59. The maximum absolute atomic E-state index is 12.2. The van der Waals surface area contributed by atoms with Gasteiger partial charge in [0.1, 0.15) is 23.6 Å². The van der Waals surface area contributed by atoms with Crippen molar-refractivity contribution in [2.75, 3.05) is 18.9 Å². The fraction of sp³-hybridized carbons (Fsp3) is 0.167. The number of aromatic carboxylic acids is 2. The van der Waals surface area contributed by atoms with Crippen LogP contribution in [0.5, 0.6) is 11.5 Å². The zero-order valence-corrected chi connectivity index (χ0v) is 16.3. The van der Waals surface area contributed by atoms with E-state index in [0.29, 0.717) is 10.2 Å². The normalized spacial score (nSPS) is 10.4. The number of nitrogen functional groups attached to an aromatic ring is 1. The van der Waals surface area contributed by atoms with Gasteiger partial charge in [0.05, 0.1) is 11.1 Å². The van der Waals surface area contributed by atoms with E-state index in [4.69, 9.17) is 15.2 Å². The summed E-state index contributed by atoms with van der Waals surface area (Å²) in [5.74, 6) is -3.01. The molecule has 0 fully saturated rings. The molecule has 0 radical (unpaired) electrons. The van der Waals surface area contributed by atoms with E-state index in [0.717, 1.165) is 0 Å². The Hall–Kier alpha value is -3.27. The lowest BCUT2D eigenvalue weighted by atomic mass is 9.95. The zero-order valence-electron chi connectivity index (χ0n) is 14.7. The molecule has 0 unspecified atom stereocenters. The van der Waals surface area contributed by atoms with E-state index >= 15 is 0 Å². The second-order valence-corrected chi connectivity index (χ2v) is 6.28. The van der Waals surface area contributed by atoms with Crippen molar-refractivity contribution in [3.8, 4) is 22.6 Å². The highest BCUT2D eigenvalue weighted by atomic mass is 79.9. The van der Waals surface area contributed by atoms with Crippen LogP contribution in [0.2, 0.25) is 0 Å². The average Bonchev–Trinajstić information content (AvgIpc) is 2.59. The Morgan fingerprint density at radius 2 is 1.89 bits per heavy atom. The Bertz CT molecular complexity index is 1010. The van der Waals surface area contributed by atoms with E-state index in [9.17, 15) is 24.6 Å². The van der Waals surface area contributed by atoms with E-state index in [2.05, 4.69) is 27.5 Å². The summed E-state index contributed by atoms with van der Waals surface area (Å²) in [6.07, 6.45) is 1.53. The molecular formula is C18H17BrN2O7. The van der Waals surface area contributed by atoms with Crippen molar-refractivity contribution in [1.29, 1.82) is 0 Å². The molecule has 9 nitrogen and oxygen atoms in total. The predicted octanol–water partition coefficient (Wildman–Crippen LogP) is 2.75. The summed E-state index contributed by atoms with van der Waals surface area (Å²) in [4.78, 5) is 37.6. The van der Waals surface area contributed by atoms with Crippen LogP contribution in [0.1, 0.15) is 27.6 Å². The smallest absolute Gasteiger partial charge is 0.342 e. The molecule has 1 heterocycles. The molecule has 0 saturated heterocycles. The Morgan fingerprint density at radius 1 is 1.25 bits per heavy atom. The van der Waals surface area contributed by atoms with Gasteiger partial charge in [-0.05, 0) is 40.5 Å². The molecule has 0 bridgehead atoms. The number of carbonyl (C=O) groups is 2. The van der Waals surface area contributed by atoms with Gasteiger partial charge in [-0.25, -0.2) is 9.59 Å². The number of nitrogens with one attached hydrogen (secondary N) is 1. The number of halogens is 1. The molecule has 0 aliphatic rings. The Balaban J connectivity index is 2.90. The minimum Gasteiger partial charge on any atom is -0.490 e. The van der Waals surface area contributed by atoms with Gasteiger partial charge in [-0.15, -0.1) is 0 Å². The van der Waals surface area contributed by atoms with Crippen LogP contribution < -0.4 is 20.8 Å². The van der Waals surface area contributed by atoms with E-state index in [1.54, 1.807) is 6.92 Å². The number of aromatic nitrogens is 1. The van der Waals surface area contributed by atoms with Gasteiger partial charge in [-0.3, -0.25) is 4.79 Å². The van der Waals surface area contributed by atoms with Gasteiger partial charge in [0.25, 0.3) is 5.56 Å². The largest absolute Gasteiger partial charge is 0.490 e. The first-order chi connectivity index (χ1) is 13.2. The van der Waals surface area contributed by atoms with Crippen LogP contribution in [0.25, 0.3) is 11.1 Å². The number of ether oxygens (including phenoxy) is 2. The molecule has 0 aliphatic heterocycles. The maximum Gasteiger partial charge on any atom is 0.342 e. The lowest BCUT2D eigenvalue weighted by molar-refractivity contribution is 0.0695. The fourth-order valence-corrected chi connectivity index (χ4v) is 3.15. The minimum absolute atomic E-state index is 0.105. The van der Waals surface area contributed by atoms with Gasteiger partial charge < -0.3 is 30.4 Å². The zero-order chi connectivity index (χ0) is 21.0. The molecule has 28 heavy (non-hydrogen) atoms. The van der Waals surface area contributed by atoms with Crippen LogP contribution >= 0.6 is 15.9 Å². The standard InChI is InChI=1S/C18H17BrN2O7/c1-3-5-28-14-9(19)6-8(7-10(14)27-4-2)11-12(17(23)24)15(20)21-16(22)13(11)18(25)26/h3,6-7H,1,4-5H2,2H3,(H,23,24)(H,25,26)(H3,20,21,22). The summed E-state index contributed by atoms with van der Waals surface area (Å²) in [6, 6.07) is 2.81. The predicted molar refractivity (Wildman–Crippen MR) is 105 cm³/mol. The van der Waals surface area contributed by atoms with Gasteiger partial charge in [0.2, 0.25) is 0 Å².